The van der Waals surface area contributed by atoms with E-state index in [1.807, 2.05) is 6.92 Å². The molecule has 0 aliphatic carbocycles. The van der Waals surface area contributed by atoms with E-state index in [1.165, 1.54) is 18.1 Å². The van der Waals surface area contributed by atoms with Gasteiger partial charge in [0, 0.05) is 18.7 Å². The number of carbonyl (C=O) groups is 2. The van der Waals surface area contributed by atoms with Crippen LogP contribution in [0.2, 0.25) is 0 Å². The van der Waals surface area contributed by atoms with Gasteiger partial charge in [-0.2, -0.15) is 0 Å². The number of nitrogens with zero attached hydrogens (tertiary/aromatic N) is 1. The zero-order chi connectivity index (χ0) is 23.5. The third-order valence-electron chi connectivity index (χ3n) is 5.92. The predicted octanol–water partition coefficient (Wildman–Crippen LogP) is 3.40. The lowest BCUT2D eigenvalue weighted by molar-refractivity contribution is -0.140. The number of ether oxygens (including phenoxy) is 3. The molecule has 2 aliphatic rings. The monoisotopic (exact) mass is 453 g/mol. The first-order chi connectivity index (χ1) is 15.9. The number of phenols is 1. The number of phenolic OH excluding ortho intramolecular Hbond substituents is 1. The number of benzene rings is 2. The second-order valence-electron chi connectivity index (χ2n) is 7.98. The maximum Gasteiger partial charge on any atom is 0.295 e. The molecule has 0 radical (unpaired) electrons. The van der Waals surface area contributed by atoms with Gasteiger partial charge in [0.1, 0.15) is 11.5 Å². The lowest BCUT2D eigenvalue weighted by Crippen LogP contribution is -2.36. The fourth-order valence-electron chi connectivity index (χ4n) is 4.32. The van der Waals surface area contributed by atoms with Crippen molar-refractivity contribution < 1.29 is 34.0 Å². The summed E-state index contributed by atoms with van der Waals surface area (Å²) in [7, 11) is 1.42. The zero-order valence-corrected chi connectivity index (χ0v) is 18.6. The van der Waals surface area contributed by atoms with E-state index in [9.17, 15) is 19.8 Å². The Bertz CT molecular complexity index is 1070. The summed E-state index contributed by atoms with van der Waals surface area (Å²) in [6, 6.07) is 10.4. The third-order valence-corrected chi connectivity index (χ3v) is 5.92. The summed E-state index contributed by atoms with van der Waals surface area (Å²) >= 11 is 0. The fraction of sp³-hybridized carbons (Fsp3) is 0.360. The molecule has 2 saturated heterocycles. The molecule has 2 atom stereocenters. The van der Waals surface area contributed by atoms with Crippen molar-refractivity contribution in [3.8, 4) is 17.2 Å². The van der Waals surface area contributed by atoms with E-state index in [1.54, 1.807) is 36.4 Å². The van der Waals surface area contributed by atoms with Gasteiger partial charge in [0.25, 0.3) is 11.7 Å². The number of rotatable bonds is 7. The third kappa shape index (κ3) is 4.39. The van der Waals surface area contributed by atoms with Crippen LogP contribution in [0.25, 0.3) is 5.76 Å². The van der Waals surface area contributed by atoms with E-state index in [0.29, 0.717) is 30.1 Å². The molecular weight excluding hydrogens is 426 g/mol. The summed E-state index contributed by atoms with van der Waals surface area (Å²) in [5.41, 5.74) is 0.911. The number of methoxy groups -OCH3 is 1. The standard InChI is InChI=1S/C25H27NO7/c1-3-32-17-9-6-15(7-10-17)23(28)21-22(16-8-11-19(27)20(13-16)31-2)26(25(30)24(21)29)14-18-5-4-12-33-18/h6-11,13,18,22,27-28H,3-5,12,14H2,1-2H3/b23-21+. The van der Waals surface area contributed by atoms with Crippen molar-refractivity contribution in [1.29, 1.82) is 0 Å². The number of hydrogen-bond donors (Lipinski definition) is 2. The minimum atomic E-state index is -0.852. The topological polar surface area (TPSA) is 106 Å². The van der Waals surface area contributed by atoms with Crippen LogP contribution in [0.4, 0.5) is 0 Å². The molecule has 8 heteroatoms. The first kappa shape index (κ1) is 22.7. The first-order valence-electron chi connectivity index (χ1n) is 10.9. The van der Waals surface area contributed by atoms with Crippen LogP contribution >= 0.6 is 0 Å². The van der Waals surface area contributed by atoms with Crippen LogP contribution < -0.4 is 9.47 Å². The van der Waals surface area contributed by atoms with Gasteiger partial charge in [-0.15, -0.1) is 0 Å². The fourth-order valence-corrected chi connectivity index (χ4v) is 4.32. The van der Waals surface area contributed by atoms with E-state index in [2.05, 4.69) is 0 Å². The van der Waals surface area contributed by atoms with Crippen molar-refractivity contribution >= 4 is 17.4 Å². The Labute approximate surface area is 192 Å². The highest BCUT2D eigenvalue weighted by Crippen LogP contribution is 2.42. The maximum absolute atomic E-state index is 13.1. The lowest BCUT2D eigenvalue weighted by atomic mass is 9.94. The second-order valence-corrected chi connectivity index (χ2v) is 7.98. The molecule has 0 aromatic heterocycles. The molecule has 2 heterocycles. The van der Waals surface area contributed by atoms with Gasteiger partial charge in [-0.1, -0.05) is 6.07 Å². The van der Waals surface area contributed by atoms with Crippen molar-refractivity contribution in [2.75, 3.05) is 26.9 Å². The van der Waals surface area contributed by atoms with Crippen LogP contribution in [0.1, 0.15) is 36.9 Å². The molecule has 2 N–H and O–H groups in total. The zero-order valence-electron chi connectivity index (χ0n) is 18.6. The number of amides is 1. The number of aromatic hydroxyl groups is 1. The quantitative estimate of drug-likeness (QED) is 0.376. The van der Waals surface area contributed by atoms with Gasteiger partial charge >= 0.3 is 0 Å². The molecule has 0 bridgehead atoms. The van der Waals surface area contributed by atoms with Gasteiger partial charge < -0.3 is 29.3 Å². The Morgan fingerprint density at radius 1 is 1.18 bits per heavy atom. The van der Waals surface area contributed by atoms with Crippen molar-refractivity contribution in [3.05, 3.63) is 59.2 Å². The summed E-state index contributed by atoms with van der Waals surface area (Å²) in [6.07, 6.45) is 1.49. The van der Waals surface area contributed by atoms with Gasteiger partial charge in [0.05, 0.1) is 31.4 Å². The molecule has 0 spiro atoms. The Morgan fingerprint density at radius 3 is 2.58 bits per heavy atom. The highest BCUT2D eigenvalue weighted by molar-refractivity contribution is 6.46. The molecular formula is C25H27NO7. The highest BCUT2D eigenvalue weighted by Gasteiger charge is 2.47. The van der Waals surface area contributed by atoms with E-state index in [4.69, 9.17) is 14.2 Å². The Kier molecular flexibility index (Phi) is 6.55. The summed E-state index contributed by atoms with van der Waals surface area (Å²) in [5.74, 6) is -0.970. The highest BCUT2D eigenvalue weighted by atomic mass is 16.5. The lowest BCUT2D eigenvalue weighted by Gasteiger charge is -2.27. The van der Waals surface area contributed by atoms with Gasteiger partial charge in [-0.25, -0.2) is 0 Å². The van der Waals surface area contributed by atoms with Gasteiger partial charge in [0.2, 0.25) is 0 Å². The van der Waals surface area contributed by atoms with Crippen LogP contribution in [0.15, 0.2) is 48.0 Å². The first-order valence-corrected chi connectivity index (χ1v) is 10.9. The number of aliphatic hydroxyl groups excluding tert-OH is 1. The van der Waals surface area contributed by atoms with Crippen molar-refractivity contribution in [2.24, 2.45) is 0 Å². The van der Waals surface area contributed by atoms with E-state index < -0.39 is 17.7 Å². The molecule has 2 unspecified atom stereocenters. The molecule has 2 aromatic carbocycles. The SMILES string of the molecule is CCOc1ccc(/C(O)=C2\C(=O)C(=O)N(CC3CCCO3)C2c2ccc(O)c(OC)c2)cc1. The summed E-state index contributed by atoms with van der Waals surface area (Å²) in [5, 5.41) is 21.2. The van der Waals surface area contributed by atoms with Crippen LogP contribution in [0.5, 0.6) is 17.2 Å². The van der Waals surface area contributed by atoms with Crippen LogP contribution in [-0.2, 0) is 14.3 Å². The van der Waals surface area contributed by atoms with Crippen molar-refractivity contribution in [1.82, 2.24) is 4.90 Å². The number of ketones is 1. The number of carbonyl (C=O) groups excluding carboxylic acids is 2. The number of hydrogen-bond acceptors (Lipinski definition) is 7. The van der Waals surface area contributed by atoms with Crippen LogP contribution in [-0.4, -0.2) is 59.8 Å². The normalized spacial score (nSPS) is 22.1. The smallest absolute Gasteiger partial charge is 0.295 e. The van der Waals surface area contributed by atoms with Gasteiger partial charge in [0.15, 0.2) is 11.5 Å². The number of likely N-dealkylation sites (tertiary alicyclic amines) is 1. The van der Waals surface area contributed by atoms with E-state index >= 15 is 0 Å². The van der Waals surface area contributed by atoms with Crippen LogP contribution in [0, 0.1) is 0 Å². The van der Waals surface area contributed by atoms with Gasteiger partial charge in [-0.05, 0) is 61.7 Å². The second kappa shape index (κ2) is 9.54. The Hall–Kier alpha value is -3.52. The molecule has 8 nitrogen and oxygen atoms in total. The molecule has 2 aromatic rings. The average molecular weight is 453 g/mol. The van der Waals surface area contributed by atoms with E-state index in [-0.39, 0.29) is 35.5 Å². The number of aliphatic hydroxyl groups is 1. The minimum absolute atomic E-state index is 0.0186. The molecule has 33 heavy (non-hydrogen) atoms. The molecule has 1 amide bonds. The summed E-state index contributed by atoms with van der Waals surface area (Å²) < 4.78 is 16.4. The molecule has 0 saturated carbocycles. The molecule has 2 aliphatic heterocycles. The Morgan fingerprint density at radius 2 is 1.94 bits per heavy atom. The maximum atomic E-state index is 13.1. The van der Waals surface area contributed by atoms with Gasteiger partial charge in [-0.3, -0.25) is 9.59 Å². The average Bonchev–Trinajstić information content (AvgIpc) is 3.42. The minimum Gasteiger partial charge on any atom is -0.507 e. The molecule has 2 fully saturated rings. The summed E-state index contributed by atoms with van der Waals surface area (Å²) in [4.78, 5) is 27.6. The predicted molar refractivity (Wildman–Crippen MR) is 120 cm³/mol. The van der Waals surface area contributed by atoms with Crippen molar-refractivity contribution in [2.45, 2.75) is 31.9 Å². The number of Topliss-reactive ketones (excluding diaryl/α,β-unsaturated/α-hetero) is 1. The molecule has 174 valence electrons. The largest absolute Gasteiger partial charge is 0.507 e. The van der Waals surface area contributed by atoms with Crippen LogP contribution in [0.3, 0.4) is 0 Å². The Balaban J connectivity index is 1.81. The van der Waals surface area contributed by atoms with Crippen molar-refractivity contribution in [3.63, 3.8) is 0 Å². The van der Waals surface area contributed by atoms with E-state index in [0.717, 1.165) is 12.8 Å². The molecule has 4 rings (SSSR count). The summed E-state index contributed by atoms with van der Waals surface area (Å²) in [6.45, 7) is 3.20.